The third-order valence-corrected chi connectivity index (χ3v) is 10.4. The van der Waals surface area contributed by atoms with E-state index in [2.05, 4.69) is 167 Å². The fraction of sp³-hybridized carbons (Fsp3) is 0. The van der Waals surface area contributed by atoms with E-state index < -0.39 is 0 Å². The van der Waals surface area contributed by atoms with E-state index in [0.717, 1.165) is 88.8 Å². The molecule has 0 amide bonds. The molecule has 3 aromatic heterocycles. The first-order valence-electron chi connectivity index (χ1n) is 17.6. The van der Waals surface area contributed by atoms with Gasteiger partial charge >= 0.3 is 0 Å². The third kappa shape index (κ3) is 4.28. The highest BCUT2D eigenvalue weighted by atomic mass is 16.3. The van der Waals surface area contributed by atoms with E-state index in [4.69, 9.17) is 8.83 Å². The van der Waals surface area contributed by atoms with Crippen molar-refractivity contribution in [3.05, 3.63) is 182 Å². The molecular formula is C48H30N2O2. The number of rotatable bonds is 5. The second-order valence-electron chi connectivity index (χ2n) is 13.3. The Bertz CT molecular complexity index is 3130. The van der Waals surface area contributed by atoms with Crippen LogP contribution in [0.4, 0.5) is 17.1 Å². The summed E-state index contributed by atoms with van der Waals surface area (Å²) >= 11 is 0. The zero-order valence-corrected chi connectivity index (χ0v) is 28.0. The van der Waals surface area contributed by atoms with E-state index in [1.807, 2.05) is 24.3 Å². The smallest absolute Gasteiger partial charge is 0.159 e. The molecule has 0 atom stereocenters. The summed E-state index contributed by atoms with van der Waals surface area (Å²) in [6, 6.07) is 64.2. The molecule has 4 heteroatoms. The van der Waals surface area contributed by atoms with Gasteiger partial charge in [-0.15, -0.1) is 0 Å². The zero-order chi connectivity index (χ0) is 34.2. The zero-order valence-electron chi connectivity index (χ0n) is 28.0. The standard InChI is InChI=1S/C48H30N2O2/c1-2-12-33(13-3-1)49(43-20-10-17-38-36-15-5-8-22-45(36)51-47(38)43)34-27-24-31(25-28-34)32-26-29-42-40(30-32)35-14-4-7-19-41(35)50(42)44-21-11-18-39-37-16-6-9-23-46(37)52-48(39)44/h1-30H. The number of furan rings is 2. The molecular weight excluding hydrogens is 637 g/mol. The highest BCUT2D eigenvalue weighted by molar-refractivity contribution is 6.14. The summed E-state index contributed by atoms with van der Waals surface area (Å²) in [6.07, 6.45) is 0. The van der Waals surface area contributed by atoms with Crippen LogP contribution in [0.1, 0.15) is 0 Å². The van der Waals surface area contributed by atoms with Crippen molar-refractivity contribution in [3.8, 4) is 16.8 Å². The van der Waals surface area contributed by atoms with Crippen molar-refractivity contribution < 1.29 is 8.83 Å². The SMILES string of the molecule is c1ccc(N(c2ccc(-c3ccc4c(c3)c3ccccc3n4-c3cccc4c3oc3ccccc34)cc2)c2cccc3c2oc2ccccc23)cc1. The second kappa shape index (κ2) is 11.2. The lowest BCUT2D eigenvalue weighted by Crippen LogP contribution is -2.10. The number of hydrogen-bond acceptors (Lipinski definition) is 3. The van der Waals surface area contributed by atoms with Gasteiger partial charge < -0.3 is 18.3 Å². The summed E-state index contributed by atoms with van der Waals surface area (Å²) in [4.78, 5) is 2.28. The van der Waals surface area contributed by atoms with Crippen LogP contribution in [0.2, 0.25) is 0 Å². The second-order valence-corrected chi connectivity index (χ2v) is 13.3. The topological polar surface area (TPSA) is 34.5 Å². The van der Waals surface area contributed by atoms with Gasteiger partial charge in [0, 0.05) is 43.7 Å². The molecule has 0 spiro atoms. The maximum absolute atomic E-state index is 6.50. The predicted molar refractivity (Wildman–Crippen MR) is 215 cm³/mol. The van der Waals surface area contributed by atoms with Crippen LogP contribution in [0, 0.1) is 0 Å². The van der Waals surface area contributed by atoms with Crippen molar-refractivity contribution in [2.24, 2.45) is 0 Å². The van der Waals surface area contributed by atoms with Crippen LogP contribution >= 0.6 is 0 Å². The van der Waals surface area contributed by atoms with E-state index in [-0.39, 0.29) is 0 Å². The van der Waals surface area contributed by atoms with Gasteiger partial charge in [-0.05, 0) is 77.9 Å². The number of hydrogen-bond donors (Lipinski definition) is 0. The molecule has 0 aliphatic rings. The normalized spacial score (nSPS) is 11.8. The Labute approximate surface area is 299 Å². The van der Waals surface area contributed by atoms with Gasteiger partial charge in [-0.3, -0.25) is 0 Å². The summed E-state index contributed by atoms with van der Waals surface area (Å²) in [5.74, 6) is 0. The van der Waals surface area contributed by atoms with Crippen molar-refractivity contribution in [3.63, 3.8) is 0 Å². The molecule has 8 aromatic carbocycles. The molecule has 0 saturated carbocycles. The summed E-state index contributed by atoms with van der Waals surface area (Å²) in [5, 5.41) is 6.89. The quantitative estimate of drug-likeness (QED) is 0.183. The maximum atomic E-state index is 6.50. The molecule has 0 bridgehead atoms. The predicted octanol–water partition coefficient (Wildman–Crippen LogP) is 13.7. The molecule has 0 aliphatic carbocycles. The van der Waals surface area contributed by atoms with E-state index in [1.54, 1.807) is 0 Å². The molecule has 3 heterocycles. The van der Waals surface area contributed by atoms with Gasteiger partial charge in [-0.1, -0.05) is 115 Å². The summed E-state index contributed by atoms with van der Waals surface area (Å²) < 4.78 is 15.3. The Morgan fingerprint density at radius 3 is 1.69 bits per heavy atom. The fourth-order valence-corrected chi connectivity index (χ4v) is 8.04. The monoisotopic (exact) mass is 666 g/mol. The summed E-state index contributed by atoms with van der Waals surface area (Å²) in [5.41, 5.74) is 12.3. The number of aromatic nitrogens is 1. The molecule has 244 valence electrons. The van der Waals surface area contributed by atoms with Crippen LogP contribution in [0.25, 0.3) is 82.5 Å². The first-order chi connectivity index (χ1) is 25.8. The minimum Gasteiger partial charge on any atom is -0.454 e. The maximum Gasteiger partial charge on any atom is 0.159 e. The van der Waals surface area contributed by atoms with Crippen molar-refractivity contribution in [1.29, 1.82) is 0 Å². The van der Waals surface area contributed by atoms with Crippen molar-refractivity contribution >= 4 is 82.7 Å². The Morgan fingerprint density at radius 2 is 0.923 bits per heavy atom. The molecule has 0 N–H and O–H groups in total. The first kappa shape index (κ1) is 28.8. The van der Waals surface area contributed by atoms with Crippen molar-refractivity contribution in [2.45, 2.75) is 0 Å². The van der Waals surface area contributed by atoms with Gasteiger partial charge in [-0.2, -0.15) is 0 Å². The van der Waals surface area contributed by atoms with Gasteiger partial charge in [-0.25, -0.2) is 0 Å². The first-order valence-corrected chi connectivity index (χ1v) is 17.6. The molecule has 0 radical (unpaired) electrons. The lowest BCUT2D eigenvalue weighted by Gasteiger charge is -2.25. The largest absolute Gasteiger partial charge is 0.454 e. The molecule has 11 aromatic rings. The number of anilines is 3. The van der Waals surface area contributed by atoms with Crippen LogP contribution in [-0.4, -0.2) is 4.57 Å². The summed E-state index contributed by atoms with van der Waals surface area (Å²) in [6.45, 7) is 0. The third-order valence-electron chi connectivity index (χ3n) is 10.4. The Balaban J connectivity index is 1.04. The number of fused-ring (bicyclic) bond motifs is 9. The lowest BCUT2D eigenvalue weighted by molar-refractivity contribution is 0.666. The minimum absolute atomic E-state index is 0.872. The average Bonchev–Trinajstić information content (AvgIpc) is 3.89. The molecule has 0 unspecified atom stereocenters. The number of benzene rings is 8. The van der Waals surface area contributed by atoms with Crippen LogP contribution in [0.3, 0.4) is 0 Å². The van der Waals surface area contributed by atoms with Crippen LogP contribution in [-0.2, 0) is 0 Å². The van der Waals surface area contributed by atoms with Crippen LogP contribution in [0.15, 0.2) is 191 Å². The molecule has 0 aliphatic heterocycles. The van der Waals surface area contributed by atoms with Crippen molar-refractivity contribution in [2.75, 3.05) is 4.90 Å². The average molecular weight is 667 g/mol. The molecule has 0 fully saturated rings. The Morgan fingerprint density at radius 1 is 0.365 bits per heavy atom. The van der Waals surface area contributed by atoms with E-state index >= 15 is 0 Å². The lowest BCUT2D eigenvalue weighted by atomic mass is 10.0. The molecule has 0 saturated heterocycles. The van der Waals surface area contributed by atoms with E-state index in [0.29, 0.717) is 0 Å². The van der Waals surface area contributed by atoms with Gasteiger partial charge in [0.25, 0.3) is 0 Å². The van der Waals surface area contributed by atoms with E-state index in [1.165, 1.54) is 10.8 Å². The highest BCUT2D eigenvalue weighted by Crippen LogP contribution is 2.43. The highest BCUT2D eigenvalue weighted by Gasteiger charge is 2.20. The Hall–Kier alpha value is -7.04. The molecule has 52 heavy (non-hydrogen) atoms. The van der Waals surface area contributed by atoms with Crippen LogP contribution in [0.5, 0.6) is 0 Å². The van der Waals surface area contributed by atoms with Gasteiger partial charge in [0.15, 0.2) is 11.2 Å². The minimum atomic E-state index is 0.872. The Kier molecular flexibility index (Phi) is 6.22. The van der Waals surface area contributed by atoms with Crippen LogP contribution < -0.4 is 4.90 Å². The van der Waals surface area contributed by atoms with Gasteiger partial charge in [0.1, 0.15) is 11.2 Å². The van der Waals surface area contributed by atoms with Gasteiger partial charge in [0.2, 0.25) is 0 Å². The molecule has 4 nitrogen and oxygen atoms in total. The summed E-state index contributed by atoms with van der Waals surface area (Å²) in [7, 11) is 0. The van der Waals surface area contributed by atoms with E-state index in [9.17, 15) is 0 Å². The molecule has 11 rings (SSSR count). The fourth-order valence-electron chi connectivity index (χ4n) is 8.04. The van der Waals surface area contributed by atoms with Gasteiger partial charge in [0.05, 0.1) is 22.4 Å². The number of nitrogens with zero attached hydrogens (tertiary/aromatic N) is 2. The number of para-hydroxylation sites is 6. The van der Waals surface area contributed by atoms with Crippen molar-refractivity contribution in [1.82, 2.24) is 4.57 Å².